The van der Waals surface area contributed by atoms with E-state index in [1.165, 1.54) is 31.3 Å². The molecule has 0 spiro atoms. The van der Waals surface area contributed by atoms with Crippen LogP contribution >= 0.6 is 0 Å². The summed E-state index contributed by atoms with van der Waals surface area (Å²) in [5, 5.41) is 20.6. The van der Waals surface area contributed by atoms with Crippen molar-refractivity contribution in [2.75, 3.05) is 0 Å². The van der Waals surface area contributed by atoms with Gasteiger partial charge >= 0.3 is 6.18 Å². The zero-order chi connectivity index (χ0) is 23.5. The van der Waals surface area contributed by atoms with E-state index in [9.17, 15) is 23.4 Å². The second kappa shape index (κ2) is 8.29. The number of aliphatic hydroxyl groups is 2. The summed E-state index contributed by atoms with van der Waals surface area (Å²) in [7, 11) is 0. The third-order valence-corrected chi connectivity index (χ3v) is 10.7. The molecule has 5 heteroatoms. The Morgan fingerprint density at radius 2 is 1.78 bits per heavy atom. The highest BCUT2D eigenvalue weighted by Crippen LogP contribution is 2.67. The SMILES string of the molecule is C[C@H]([C@H](O)CCC[C@H]1CCC2C3CC=C4C[C@@](C)(O)CC[C@]4(C)C3CCC21C)C(F)(F)F. The molecule has 2 N–H and O–H groups in total. The van der Waals surface area contributed by atoms with Crippen molar-refractivity contribution in [3.63, 3.8) is 0 Å². The minimum Gasteiger partial charge on any atom is -0.393 e. The van der Waals surface area contributed by atoms with Crippen molar-refractivity contribution in [2.24, 2.45) is 40.4 Å². The van der Waals surface area contributed by atoms with Gasteiger partial charge in [0, 0.05) is 0 Å². The Hall–Kier alpha value is -0.550. The van der Waals surface area contributed by atoms with Crippen LogP contribution in [0.5, 0.6) is 0 Å². The number of hydrogen-bond donors (Lipinski definition) is 2. The van der Waals surface area contributed by atoms with Crippen LogP contribution in [0.4, 0.5) is 13.2 Å². The molecule has 4 aliphatic carbocycles. The Labute approximate surface area is 192 Å². The van der Waals surface area contributed by atoms with Crippen LogP contribution in [0.25, 0.3) is 0 Å². The van der Waals surface area contributed by atoms with E-state index in [0.717, 1.165) is 39.0 Å². The number of fused-ring (bicyclic) bond motifs is 5. The molecule has 4 aliphatic rings. The standard InChI is InChI=1S/C27H43F3O2/c1-17(27(28,29)30)23(31)7-5-6-18-9-11-21-20-10-8-19-16-24(2,32)14-15-26(19,4)22(20)12-13-25(18,21)3/h8,17-18,20-23,31-32H,5-7,9-16H2,1-4H3/t17-,18+,20?,21?,22?,23-,24+,25?,26+/m1/s1. The molecule has 0 radical (unpaired) electrons. The summed E-state index contributed by atoms with van der Waals surface area (Å²) >= 11 is 0. The monoisotopic (exact) mass is 456 g/mol. The zero-order valence-corrected chi connectivity index (χ0v) is 20.3. The van der Waals surface area contributed by atoms with Crippen molar-refractivity contribution in [1.82, 2.24) is 0 Å². The summed E-state index contributed by atoms with van der Waals surface area (Å²) in [5.41, 5.74) is 1.43. The molecule has 0 bridgehead atoms. The largest absolute Gasteiger partial charge is 0.394 e. The van der Waals surface area contributed by atoms with Crippen molar-refractivity contribution >= 4 is 0 Å². The Morgan fingerprint density at radius 1 is 1.06 bits per heavy atom. The van der Waals surface area contributed by atoms with Gasteiger partial charge in [-0.3, -0.25) is 0 Å². The van der Waals surface area contributed by atoms with Crippen LogP contribution in [0.2, 0.25) is 0 Å². The van der Waals surface area contributed by atoms with E-state index in [4.69, 9.17) is 0 Å². The molecule has 0 aromatic carbocycles. The third-order valence-electron chi connectivity index (χ3n) is 10.7. The molecule has 4 unspecified atom stereocenters. The first-order valence-corrected chi connectivity index (χ1v) is 12.9. The van der Waals surface area contributed by atoms with Crippen molar-refractivity contribution in [3.05, 3.63) is 11.6 Å². The lowest BCUT2D eigenvalue weighted by atomic mass is 9.46. The summed E-state index contributed by atoms with van der Waals surface area (Å²) in [5.74, 6) is 1.01. The Kier molecular flexibility index (Phi) is 6.36. The third kappa shape index (κ3) is 4.19. The first-order chi connectivity index (χ1) is 14.8. The quantitative estimate of drug-likeness (QED) is 0.435. The van der Waals surface area contributed by atoms with Gasteiger partial charge in [0.05, 0.1) is 17.6 Å². The molecule has 0 heterocycles. The first kappa shape index (κ1) is 24.6. The van der Waals surface area contributed by atoms with E-state index in [2.05, 4.69) is 19.9 Å². The molecule has 2 nitrogen and oxygen atoms in total. The van der Waals surface area contributed by atoms with Gasteiger partial charge in [0.15, 0.2) is 0 Å². The van der Waals surface area contributed by atoms with Crippen LogP contribution in [-0.2, 0) is 0 Å². The molecule has 0 aromatic rings. The predicted molar refractivity (Wildman–Crippen MR) is 121 cm³/mol. The van der Waals surface area contributed by atoms with Crippen molar-refractivity contribution in [3.8, 4) is 0 Å². The van der Waals surface area contributed by atoms with Gasteiger partial charge in [-0.1, -0.05) is 38.8 Å². The minimum atomic E-state index is -4.32. The lowest BCUT2D eigenvalue weighted by Gasteiger charge is -2.59. The Balaban J connectivity index is 1.40. The van der Waals surface area contributed by atoms with Gasteiger partial charge in [0.1, 0.15) is 0 Å². The van der Waals surface area contributed by atoms with Crippen LogP contribution in [-0.4, -0.2) is 28.1 Å². The normalized spacial score (nSPS) is 46.0. The Morgan fingerprint density at radius 3 is 2.47 bits per heavy atom. The molecular formula is C27H43F3O2. The smallest absolute Gasteiger partial charge is 0.393 e. The number of rotatable bonds is 5. The summed E-state index contributed by atoms with van der Waals surface area (Å²) in [6, 6.07) is 0. The van der Waals surface area contributed by atoms with Crippen LogP contribution < -0.4 is 0 Å². The highest BCUT2D eigenvalue weighted by molar-refractivity contribution is 5.26. The summed E-state index contributed by atoms with van der Waals surface area (Å²) in [4.78, 5) is 0. The van der Waals surface area contributed by atoms with Gasteiger partial charge < -0.3 is 10.2 Å². The zero-order valence-electron chi connectivity index (χ0n) is 20.3. The van der Waals surface area contributed by atoms with Crippen molar-refractivity contribution < 1.29 is 23.4 Å². The van der Waals surface area contributed by atoms with Gasteiger partial charge in [-0.15, -0.1) is 0 Å². The number of alkyl halides is 3. The molecule has 0 saturated heterocycles. The van der Waals surface area contributed by atoms with E-state index < -0.39 is 23.8 Å². The van der Waals surface area contributed by atoms with Crippen LogP contribution in [0.15, 0.2) is 11.6 Å². The molecule has 0 aromatic heterocycles. The molecule has 9 atom stereocenters. The first-order valence-electron chi connectivity index (χ1n) is 12.9. The van der Waals surface area contributed by atoms with Gasteiger partial charge in [0.2, 0.25) is 0 Å². The fourth-order valence-electron chi connectivity index (χ4n) is 8.43. The molecule has 0 amide bonds. The van der Waals surface area contributed by atoms with E-state index >= 15 is 0 Å². The molecule has 3 saturated carbocycles. The fourth-order valence-corrected chi connectivity index (χ4v) is 8.43. The van der Waals surface area contributed by atoms with Crippen molar-refractivity contribution in [1.29, 1.82) is 0 Å². The van der Waals surface area contributed by atoms with Crippen molar-refractivity contribution in [2.45, 2.75) is 116 Å². The van der Waals surface area contributed by atoms with E-state index in [-0.39, 0.29) is 17.3 Å². The fraction of sp³-hybridized carbons (Fsp3) is 0.926. The maximum atomic E-state index is 12.9. The summed E-state index contributed by atoms with van der Waals surface area (Å²) in [6.45, 7) is 7.97. The van der Waals surface area contributed by atoms with Gasteiger partial charge in [0.25, 0.3) is 0 Å². The van der Waals surface area contributed by atoms with Gasteiger partial charge in [-0.25, -0.2) is 0 Å². The topological polar surface area (TPSA) is 40.5 Å². The summed E-state index contributed by atoms with van der Waals surface area (Å²) in [6.07, 6.45) is 7.47. The highest BCUT2D eigenvalue weighted by atomic mass is 19.4. The maximum Gasteiger partial charge on any atom is 0.394 e. The number of halogens is 3. The minimum absolute atomic E-state index is 0.225. The van der Waals surface area contributed by atoms with E-state index in [1.807, 2.05) is 6.92 Å². The van der Waals surface area contributed by atoms with Crippen LogP contribution in [0.1, 0.15) is 98.3 Å². The van der Waals surface area contributed by atoms with E-state index in [0.29, 0.717) is 30.1 Å². The van der Waals surface area contributed by atoms with E-state index in [1.54, 1.807) is 0 Å². The van der Waals surface area contributed by atoms with Gasteiger partial charge in [-0.2, -0.15) is 13.2 Å². The molecule has 4 rings (SSSR count). The average molecular weight is 457 g/mol. The second-order valence-corrected chi connectivity index (χ2v) is 12.6. The molecule has 184 valence electrons. The number of allylic oxidation sites excluding steroid dienone is 1. The van der Waals surface area contributed by atoms with Crippen LogP contribution in [0.3, 0.4) is 0 Å². The Bertz CT molecular complexity index is 729. The number of aliphatic hydroxyl groups excluding tert-OH is 1. The number of hydrogen-bond acceptors (Lipinski definition) is 2. The maximum absolute atomic E-state index is 12.9. The molecular weight excluding hydrogens is 413 g/mol. The highest BCUT2D eigenvalue weighted by Gasteiger charge is 2.58. The average Bonchev–Trinajstić information content (AvgIpc) is 3.03. The molecule has 32 heavy (non-hydrogen) atoms. The summed E-state index contributed by atoms with van der Waals surface area (Å²) < 4.78 is 38.6. The predicted octanol–water partition coefficient (Wildman–Crippen LogP) is 7.05. The lowest BCUT2D eigenvalue weighted by molar-refractivity contribution is -0.195. The van der Waals surface area contributed by atoms with Crippen LogP contribution in [0, 0.1) is 40.4 Å². The molecule has 0 aliphatic heterocycles. The lowest BCUT2D eigenvalue weighted by Crippen LogP contribution is -2.51. The van der Waals surface area contributed by atoms with Gasteiger partial charge in [-0.05, 0) is 106 Å². The second-order valence-electron chi connectivity index (χ2n) is 12.6. The molecule has 3 fully saturated rings.